The average Bonchev–Trinajstić information content (AvgIpc) is 3.00. The molecule has 1 unspecified atom stereocenters. The van der Waals surface area contributed by atoms with E-state index in [4.69, 9.17) is 4.74 Å². The highest BCUT2D eigenvalue weighted by molar-refractivity contribution is 5.57. The number of hydrogen-bond donors (Lipinski definition) is 1. The number of fused-ring (bicyclic) bond motifs is 1. The third kappa shape index (κ3) is 3.08. The first-order valence-corrected chi connectivity index (χ1v) is 8.99. The van der Waals surface area contributed by atoms with Crippen molar-refractivity contribution in [3.8, 4) is 5.75 Å². The molecule has 0 bridgehead atoms. The van der Waals surface area contributed by atoms with E-state index in [1.807, 2.05) is 0 Å². The monoisotopic (exact) mass is 324 g/mol. The molecule has 128 valence electrons. The second-order valence-corrected chi connectivity index (χ2v) is 7.24. The summed E-state index contributed by atoms with van der Waals surface area (Å²) in [5, 5.41) is 9.18. The number of hydrogen-bond acceptors (Lipinski definition) is 2. The minimum absolute atomic E-state index is 0.224. The molecule has 1 aliphatic heterocycles. The van der Waals surface area contributed by atoms with Crippen LogP contribution in [0.3, 0.4) is 0 Å². The number of benzene rings is 2. The second-order valence-electron chi connectivity index (χ2n) is 7.24. The minimum Gasteiger partial charge on any atom is -0.492 e. The van der Waals surface area contributed by atoms with E-state index in [2.05, 4.69) is 58.0 Å². The standard InChI is InChI=1S/C22H28O2/c1-14(2)17-7-9-18(10-8-17)20-13-24-22-19(6-5-11-23)15(3)12-16(4)21(20)22/h7-10,12,14,20,23H,5-6,11,13H2,1-4H3. The van der Waals surface area contributed by atoms with E-state index in [0.29, 0.717) is 18.4 Å². The van der Waals surface area contributed by atoms with Crippen molar-refractivity contribution >= 4 is 0 Å². The van der Waals surface area contributed by atoms with Crippen LogP contribution in [-0.4, -0.2) is 18.3 Å². The van der Waals surface area contributed by atoms with Gasteiger partial charge in [-0.15, -0.1) is 0 Å². The highest BCUT2D eigenvalue weighted by atomic mass is 16.5. The molecule has 0 saturated heterocycles. The van der Waals surface area contributed by atoms with Crippen LogP contribution in [0.1, 0.15) is 65.5 Å². The lowest BCUT2D eigenvalue weighted by Gasteiger charge is -2.16. The van der Waals surface area contributed by atoms with Crippen molar-refractivity contribution in [2.75, 3.05) is 13.2 Å². The Labute approximate surface area is 145 Å². The Morgan fingerprint density at radius 2 is 1.83 bits per heavy atom. The number of aliphatic hydroxyl groups is 1. The summed E-state index contributed by atoms with van der Waals surface area (Å²) in [5.41, 5.74) is 7.90. The van der Waals surface area contributed by atoms with Gasteiger partial charge in [-0.25, -0.2) is 0 Å². The van der Waals surface area contributed by atoms with Crippen LogP contribution in [0.4, 0.5) is 0 Å². The van der Waals surface area contributed by atoms with Crippen LogP contribution in [0.5, 0.6) is 5.75 Å². The third-order valence-corrected chi connectivity index (χ3v) is 5.19. The van der Waals surface area contributed by atoms with Gasteiger partial charge < -0.3 is 9.84 Å². The van der Waals surface area contributed by atoms with Gasteiger partial charge in [0.2, 0.25) is 0 Å². The van der Waals surface area contributed by atoms with E-state index in [9.17, 15) is 5.11 Å². The molecule has 2 aromatic rings. The molecule has 2 heteroatoms. The Balaban J connectivity index is 1.99. The van der Waals surface area contributed by atoms with E-state index < -0.39 is 0 Å². The van der Waals surface area contributed by atoms with Crippen LogP contribution in [0.2, 0.25) is 0 Å². The molecule has 0 fully saturated rings. The van der Waals surface area contributed by atoms with Crippen molar-refractivity contribution in [3.63, 3.8) is 0 Å². The molecule has 1 N–H and O–H groups in total. The van der Waals surface area contributed by atoms with Gasteiger partial charge >= 0.3 is 0 Å². The number of aliphatic hydroxyl groups excluding tert-OH is 1. The van der Waals surface area contributed by atoms with E-state index in [1.165, 1.54) is 33.4 Å². The second kappa shape index (κ2) is 6.98. The lowest BCUT2D eigenvalue weighted by molar-refractivity contribution is 0.287. The average molecular weight is 324 g/mol. The van der Waals surface area contributed by atoms with E-state index in [1.54, 1.807) is 0 Å². The molecule has 0 aliphatic carbocycles. The summed E-state index contributed by atoms with van der Waals surface area (Å²) >= 11 is 0. The predicted molar refractivity (Wildman–Crippen MR) is 99.2 cm³/mol. The van der Waals surface area contributed by atoms with Crippen LogP contribution in [0.25, 0.3) is 0 Å². The van der Waals surface area contributed by atoms with E-state index in [-0.39, 0.29) is 6.61 Å². The first kappa shape index (κ1) is 17.0. The van der Waals surface area contributed by atoms with Gasteiger partial charge in [-0.1, -0.05) is 44.2 Å². The molecule has 2 nitrogen and oxygen atoms in total. The SMILES string of the molecule is Cc1cc(C)c2c(c1CCCO)OCC2c1ccc(C(C)C)cc1. The fraction of sp³-hybridized carbons (Fsp3) is 0.455. The van der Waals surface area contributed by atoms with Crippen LogP contribution < -0.4 is 4.74 Å². The Morgan fingerprint density at radius 1 is 1.12 bits per heavy atom. The smallest absolute Gasteiger partial charge is 0.127 e. The predicted octanol–water partition coefficient (Wildman–Crippen LogP) is 4.88. The van der Waals surface area contributed by atoms with Crippen molar-refractivity contribution in [1.82, 2.24) is 0 Å². The highest BCUT2D eigenvalue weighted by Gasteiger charge is 2.30. The van der Waals surface area contributed by atoms with Crippen LogP contribution in [0, 0.1) is 13.8 Å². The molecule has 1 atom stereocenters. The zero-order valence-electron chi connectivity index (χ0n) is 15.2. The first-order chi connectivity index (χ1) is 11.5. The summed E-state index contributed by atoms with van der Waals surface area (Å²) in [6, 6.07) is 11.3. The van der Waals surface area contributed by atoms with Gasteiger partial charge in [-0.3, -0.25) is 0 Å². The summed E-state index contributed by atoms with van der Waals surface area (Å²) in [5.74, 6) is 1.94. The molecule has 24 heavy (non-hydrogen) atoms. The summed E-state index contributed by atoms with van der Waals surface area (Å²) in [6.45, 7) is 9.72. The van der Waals surface area contributed by atoms with Gasteiger partial charge in [0, 0.05) is 18.1 Å². The van der Waals surface area contributed by atoms with Crippen LogP contribution >= 0.6 is 0 Å². The molecule has 0 amide bonds. The number of ether oxygens (including phenoxy) is 1. The summed E-state index contributed by atoms with van der Waals surface area (Å²) in [4.78, 5) is 0. The molecular formula is C22H28O2. The van der Waals surface area contributed by atoms with Gasteiger partial charge in [0.25, 0.3) is 0 Å². The first-order valence-electron chi connectivity index (χ1n) is 8.99. The van der Waals surface area contributed by atoms with Gasteiger partial charge in [0.05, 0.1) is 6.61 Å². The minimum atomic E-state index is 0.224. The Hall–Kier alpha value is -1.80. The Morgan fingerprint density at radius 3 is 2.46 bits per heavy atom. The zero-order chi connectivity index (χ0) is 17.3. The molecule has 0 saturated carbocycles. The zero-order valence-corrected chi connectivity index (χ0v) is 15.2. The maximum Gasteiger partial charge on any atom is 0.127 e. The highest BCUT2D eigenvalue weighted by Crippen LogP contribution is 2.44. The molecule has 1 heterocycles. The van der Waals surface area contributed by atoms with E-state index >= 15 is 0 Å². The van der Waals surface area contributed by atoms with Crippen LogP contribution in [0.15, 0.2) is 30.3 Å². The van der Waals surface area contributed by atoms with Gasteiger partial charge in [0.1, 0.15) is 5.75 Å². The lowest BCUT2D eigenvalue weighted by atomic mass is 9.86. The third-order valence-electron chi connectivity index (χ3n) is 5.19. The maximum absolute atomic E-state index is 9.18. The fourth-order valence-corrected chi connectivity index (χ4v) is 3.80. The Bertz CT molecular complexity index is 714. The van der Waals surface area contributed by atoms with Crippen molar-refractivity contribution in [1.29, 1.82) is 0 Å². The molecule has 3 rings (SSSR count). The molecule has 0 radical (unpaired) electrons. The largest absolute Gasteiger partial charge is 0.492 e. The topological polar surface area (TPSA) is 29.5 Å². The Kier molecular flexibility index (Phi) is 4.96. The number of rotatable bonds is 5. The lowest BCUT2D eigenvalue weighted by Crippen LogP contribution is -2.04. The van der Waals surface area contributed by atoms with Gasteiger partial charge in [0.15, 0.2) is 0 Å². The summed E-state index contributed by atoms with van der Waals surface area (Å²) < 4.78 is 6.15. The summed E-state index contributed by atoms with van der Waals surface area (Å²) in [7, 11) is 0. The summed E-state index contributed by atoms with van der Waals surface area (Å²) in [6.07, 6.45) is 1.66. The molecule has 2 aromatic carbocycles. The quantitative estimate of drug-likeness (QED) is 0.849. The maximum atomic E-state index is 9.18. The number of aryl methyl sites for hydroxylation is 2. The van der Waals surface area contributed by atoms with Crippen molar-refractivity contribution in [2.24, 2.45) is 0 Å². The van der Waals surface area contributed by atoms with Crippen molar-refractivity contribution in [2.45, 2.75) is 52.4 Å². The normalized spacial score (nSPS) is 16.3. The van der Waals surface area contributed by atoms with Gasteiger partial charge in [-0.05, 0) is 60.4 Å². The van der Waals surface area contributed by atoms with Gasteiger partial charge in [-0.2, -0.15) is 0 Å². The molecule has 0 spiro atoms. The fourth-order valence-electron chi connectivity index (χ4n) is 3.80. The molecule has 0 aromatic heterocycles. The molecular weight excluding hydrogens is 296 g/mol. The molecule has 1 aliphatic rings. The van der Waals surface area contributed by atoms with Crippen LogP contribution in [-0.2, 0) is 6.42 Å². The van der Waals surface area contributed by atoms with Crippen molar-refractivity contribution in [3.05, 3.63) is 63.7 Å². The van der Waals surface area contributed by atoms with E-state index in [0.717, 1.165) is 18.6 Å². The van der Waals surface area contributed by atoms with Crippen molar-refractivity contribution < 1.29 is 9.84 Å².